The fourth-order valence-corrected chi connectivity index (χ4v) is 11.6. The van der Waals surface area contributed by atoms with E-state index in [-0.39, 0.29) is 0 Å². The molecule has 6 aromatic carbocycles. The van der Waals surface area contributed by atoms with Gasteiger partial charge in [-0.3, -0.25) is 0 Å². The minimum absolute atomic E-state index is 0.509. The van der Waals surface area contributed by atoms with Gasteiger partial charge in [0.05, 0.1) is 0 Å². The van der Waals surface area contributed by atoms with E-state index < -0.39 is 20.8 Å². The summed E-state index contributed by atoms with van der Waals surface area (Å²) in [5, 5.41) is 5.62. The van der Waals surface area contributed by atoms with Gasteiger partial charge < -0.3 is 0 Å². The average molecular weight is 903 g/mol. The van der Waals surface area contributed by atoms with Gasteiger partial charge in [-0.1, -0.05) is 125 Å². The molecule has 0 atom stereocenters. The third kappa shape index (κ3) is 9.94. The Balaban J connectivity index is 0.000000156. The fourth-order valence-electron chi connectivity index (χ4n) is 11.6. The monoisotopic (exact) mass is 900 g/mol. The molecule has 2 radical (unpaired) electrons. The number of halogens is 2. The SMILES string of the molecule is CC1CCC(c2cc3c(-c4ccc(C(C)C)cc4)cccc3[cH-]2)CC1.CCc1cc2c(-c3ccc(C45CC6CC(CC(C6)C4)C5)cc3)cccc2[cH-]1.C[Si]C.[Cl][Zr+2][Cl]. The molecular weight excluding hydrogens is 839 g/mol. The van der Waals surface area contributed by atoms with Gasteiger partial charge >= 0.3 is 37.9 Å². The third-order valence-electron chi connectivity index (χ3n) is 14.2. The predicted octanol–water partition coefficient (Wildman–Crippen LogP) is 17.1. The van der Waals surface area contributed by atoms with Gasteiger partial charge in [-0.2, -0.15) is 12.1 Å². The molecule has 58 heavy (non-hydrogen) atoms. The zero-order valence-corrected chi connectivity index (χ0v) is 40.9. The van der Waals surface area contributed by atoms with Gasteiger partial charge in [0.25, 0.3) is 0 Å². The molecule has 4 bridgehead atoms. The molecule has 5 fully saturated rings. The first-order valence-electron chi connectivity index (χ1n) is 22.3. The van der Waals surface area contributed by atoms with Gasteiger partial charge in [-0.15, -0.1) is 69.1 Å². The van der Waals surface area contributed by atoms with Gasteiger partial charge in [-0.05, 0) is 121 Å². The van der Waals surface area contributed by atoms with Gasteiger partial charge in [0.15, 0.2) is 0 Å². The molecule has 0 spiro atoms. The molecule has 4 heteroatoms. The fraction of sp³-hybridized carbons (Fsp3) is 0.444. The quantitative estimate of drug-likeness (QED) is 0.115. The summed E-state index contributed by atoms with van der Waals surface area (Å²) < 4.78 is 0. The van der Waals surface area contributed by atoms with Crippen molar-refractivity contribution in [1.82, 2.24) is 0 Å². The summed E-state index contributed by atoms with van der Waals surface area (Å²) >= 11 is -0.826. The second-order valence-electron chi connectivity index (χ2n) is 18.7. The number of rotatable bonds is 6. The van der Waals surface area contributed by atoms with Crippen LogP contribution in [0, 0.1) is 23.7 Å². The molecule has 302 valence electrons. The number of hydrogen-bond donors (Lipinski definition) is 0. The normalized spacial score (nSPS) is 24.3. The standard InChI is InChI=1S/C27H29.C25H29.C2H6Si.2ClH.Zr/c1-2-18-13-23-4-3-5-25(26(23)14-18)22-6-8-24(9-7-22)27-15-19-10-20(16-27)12-21(11-19)17-27;1-17(2)19-11-13-21(14-12-19)24-6-4-5-22-15-23(16-25(22)24)20-9-7-18(3)8-10-20;1-3-2;;;/h3-9,13-14,19-21H,2,10-12,15-17H2,1H3;4-6,11-18,20H,7-10H2,1-3H3;1-2H3;2*1H;/q2*-1;;;;+4/p-2. The topological polar surface area (TPSA) is 0 Å². The summed E-state index contributed by atoms with van der Waals surface area (Å²) in [5.74, 6) is 5.31. The van der Waals surface area contributed by atoms with E-state index in [9.17, 15) is 0 Å². The van der Waals surface area contributed by atoms with Crippen molar-refractivity contribution in [3.8, 4) is 22.3 Å². The molecule has 0 unspecified atom stereocenters. The number of benzene rings is 4. The first-order valence-corrected chi connectivity index (χ1v) is 30.6. The Labute approximate surface area is 372 Å². The second-order valence-corrected chi connectivity index (χ2v) is 23.4. The Morgan fingerprint density at radius 2 is 1.17 bits per heavy atom. The molecular formula is C54H64Cl2SiZr. The second kappa shape index (κ2) is 20.1. The zero-order valence-electron chi connectivity index (χ0n) is 35.9. The number of fused-ring (bicyclic) bond motifs is 2. The summed E-state index contributed by atoms with van der Waals surface area (Å²) in [7, 11) is 11.0. The van der Waals surface area contributed by atoms with Gasteiger partial charge in [0.1, 0.15) is 0 Å². The maximum absolute atomic E-state index is 4.93. The Morgan fingerprint density at radius 1 is 0.690 bits per heavy atom. The van der Waals surface area contributed by atoms with E-state index in [0.717, 1.165) is 45.5 Å². The molecule has 0 N–H and O–H groups in total. The van der Waals surface area contributed by atoms with Crippen molar-refractivity contribution in [1.29, 1.82) is 0 Å². The Kier molecular flexibility index (Phi) is 15.2. The van der Waals surface area contributed by atoms with E-state index in [2.05, 4.69) is 150 Å². The van der Waals surface area contributed by atoms with Crippen molar-refractivity contribution in [3.05, 3.63) is 131 Å². The van der Waals surface area contributed by atoms with E-state index in [0.29, 0.717) is 11.3 Å². The molecule has 0 saturated heterocycles. The molecule has 5 saturated carbocycles. The average Bonchev–Trinajstić information content (AvgIpc) is 3.87. The zero-order chi connectivity index (χ0) is 40.8. The van der Waals surface area contributed by atoms with Gasteiger partial charge in [0.2, 0.25) is 0 Å². The summed E-state index contributed by atoms with van der Waals surface area (Å²) in [5.41, 5.74) is 12.1. The van der Waals surface area contributed by atoms with E-state index in [4.69, 9.17) is 17.0 Å². The van der Waals surface area contributed by atoms with Crippen molar-refractivity contribution < 1.29 is 20.8 Å². The Bertz CT molecular complexity index is 2160. The van der Waals surface area contributed by atoms with E-state index in [1.54, 1.807) is 11.1 Å². The summed E-state index contributed by atoms with van der Waals surface area (Å²) in [6.07, 6.45) is 15.5. The van der Waals surface area contributed by atoms with Gasteiger partial charge in [-0.25, -0.2) is 0 Å². The number of aryl methyl sites for hydroxylation is 1. The van der Waals surface area contributed by atoms with E-state index >= 15 is 0 Å². The van der Waals surface area contributed by atoms with E-state index in [1.807, 2.05) is 0 Å². The summed E-state index contributed by atoms with van der Waals surface area (Å²) in [4.78, 5) is 0. The van der Waals surface area contributed by atoms with Crippen LogP contribution in [0.3, 0.4) is 0 Å². The maximum atomic E-state index is 4.93. The van der Waals surface area contributed by atoms with Crippen LogP contribution in [0.4, 0.5) is 0 Å². The first-order chi connectivity index (χ1) is 28.2. The Hall–Kier alpha value is -2.22. The van der Waals surface area contributed by atoms with Crippen LogP contribution in [-0.4, -0.2) is 9.52 Å². The molecule has 0 amide bonds. The number of hydrogen-bond acceptors (Lipinski definition) is 0. The van der Waals surface area contributed by atoms with Crippen LogP contribution in [0.25, 0.3) is 43.8 Å². The molecule has 0 aromatic heterocycles. The first kappa shape index (κ1) is 43.9. The van der Waals surface area contributed by atoms with Crippen LogP contribution in [0.1, 0.15) is 126 Å². The summed E-state index contributed by atoms with van der Waals surface area (Å²) in [6, 6.07) is 42.1. The molecule has 0 nitrogen and oxygen atoms in total. The summed E-state index contributed by atoms with van der Waals surface area (Å²) in [6.45, 7) is 13.5. The third-order valence-corrected chi connectivity index (χ3v) is 14.2. The van der Waals surface area contributed by atoms with Crippen molar-refractivity contribution >= 4 is 48.1 Å². The molecule has 6 aromatic rings. The Morgan fingerprint density at radius 3 is 1.67 bits per heavy atom. The molecule has 0 aliphatic heterocycles. The van der Waals surface area contributed by atoms with Crippen LogP contribution < -0.4 is 0 Å². The van der Waals surface area contributed by atoms with Crippen LogP contribution >= 0.6 is 17.0 Å². The van der Waals surface area contributed by atoms with Crippen molar-refractivity contribution in [3.63, 3.8) is 0 Å². The van der Waals surface area contributed by atoms with Crippen LogP contribution in [0.5, 0.6) is 0 Å². The van der Waals surface area contributed by atoms with Crippen molar-refractivity contribution in [2.24, 2.45) is 23.7 Å². The van der Waals surface area contributed by atoms with Crippen LogP contribution in [0.15, 0.2) is 109 Å². The molecule has 5 aliphatic rings. The van der Waals surface area contributed by atoms with Crippen molar-refractivity contribution in [2.75, 3.05) is 0 Å². The molecule has 0 heterocycles. The van der Waals surface area contributed by atoms with E-state index in [1.165, 1.54) is 119 Å². The molecule has 11 rings (SSSR count). The molecule has 5 aliphatic carbocycles. The van der Waals surface area contributed by atoms with Gasteiger partial charge in [0, 0.05) is 9.52 Å². The minimum atomic E-state index is -0.826. The van der Waals surface area contributed by atoms with Crippen LogP contribution in [-0.2, 0) is 32.7 Å². The van der Waals surface area contributed by atoms with Crippen LogP contribution in [0.2, 0.25) is 13.1 Å². The van der Waals surface area contributed by atoms with Crippen molar-refractivity contribution in [2.45, 2.75) is 129 Å². The predicted molar refractivity (Wildman–Crippen MR) is 253 cm³/mol.